The number of carbonyl (C=O) groups is 1. The van der Waals surface area contributed by atoms with Gasteiger partial charge in [0.1, 0.15) is 5.82 Å². The largest absolute Gasteiger partial charge is 0.493 e. The van der Waals surface area contributed by atoms with Crippen LogP contribution in [0, 0.1) is 5.82 Å². The van der Waals surface area contributed by atoms with E-state index in [9.17, 15) is 9.18 Å². The van der Waals surface area contributed by atoms with Crippen LogP contribution in [0.1, 0.15) is 28.4 Å². The number of benzene rings is 2. The summed E-state index contributed by atoms with van der Waals surface area (Å²) in [5, 5.41) is 3.03. The second-order valence-electron chi connectivity index (χ2n) is 6.24. The van der Waals surface area contributed by atoms with Gasteiger partial charge < -0.3 is 19.7 Å². The third-order valence-electron chi connectivity index (χ3n) is 4.09. The molecule has 2 aromatic rings. The highest BCUT2D eigenvalue weighted by molar-refractivity contribution is 5.95. The van der Waals surface area contributed by atoms with Crippen molar-refractivity contribution in [1.29, 1.82) is 0 Å². The van der Waals surface area contributed by atoms with E-state index in [0.29, 0.717) is 23.5 Å². The van der Waals surface area contributed by atoms with Crippen LogP contribution in [-0.2, 0) is 0 Å². The molecule has 2 aromatic carbocycles. The standard InChI is InChI=1S/C20H25FN2O3/c1-23(2)12-11-17(14-5-8-16(21)9-6-14)22-20(24)15-7-10-18(25-3)19(13-15)26-4/h5-10,13,17H,11-12H2,1-4H3,(H,22,24). The number of carbonyl (C=O) groups excluding carboxylic acids is 1. The summed E-state index contributed by atoms with van der Waals surface area (Å²) in [7, 11) is 7.01. The smallest absolute Gasteiger partial charge is 0.251 e. The van der Waals surface area contributed by atoms with Crippen LogP contribution >= 0.6 is 0 Å². The Balaban J connectivity index is 2.21. The molecule has 0 saturated carbocycles. The van der Waals surface area contributed by atoms with Crippen LogP contribution in [0.25, 0.3) is 0 Å². The maximum atomic E-state index is 13.2. The molecular formula is C20H25FN2O3. The van der Waals surface area contributed by atoms with Crippen LogP contribution < -0.4 is 14.8 Å². The average molecular weight is 360 g/mol. The second kappa shape index (κ2) is 9.20. The van der Waals surface area contributed by atoms with Gasteiger partial charge in [0, 0.05) is 5.56 Å². The molecule has 0 saturated heterocycles. The summed E-state index contributed by atoms with van der Waals surface area (Å²) in [6.45, 7) is 0.786. The van der Waals surface area contributed by atoms with E-state index < -0.39 is 0 Å². The third kappa shape index (κ3) is 5.20. The molecule has 0 aliphatic rings. The quantitative estimate of drug-likeness (QED) is 0.785. The van der Waals surface area contributed by atoms with E-state index in [1.807, 2.05) is 19.0 Å². The number of nitrogens with zero attached hydrogens (tertiary/aromatic N) is 1. The minimum absolute atomic E-state index is 0.223. The van der Waals surface area contributed by atoms with Crippen molar-refractivity contribution in [3.8, 4) is 11.5 Å². The van der Waals surface area contributed by atoms with E-state index in [0.717, 1.165) is 12.1 Å². The molecule has 26 heavy (non-hydrogen) atoms. The Kier molecular flexibility index (Phi) is 6.97. The van der Waals surface area contributed by atoms with Crippen LogP contribution in [0.5, 0.6) is 11.5 Å². The van der Waals surface area contributed by atoms with Crippen molar-refractivity contribution in [3.63, 3.8) is 0 Å². The van der Waals surface area contributed by atoms with Gasteiger partial charge >= 0.3 is 0 Å². The van der Waals surface area contributed by atoms with Crippen molar-refractivity contribution in [2.45, 2.75) is 12.5 Å². The third-order valence-corrected chi connectivity index (χ3v) is 4.09. The molecule has 2 rings (SSSR count). The fourth-order valence-electron chi connectivity index (χ4n) is 2.62. The van der Waals surface area contributed by atoms with Crippen molar-refractivity contribution >= 4 is 5.91 Å². The average Bonchev–Trinajstić information content (AvgIpc) is 2.64. The van der Waals surface area contributed by atoms with Crippen LogP contribution in [0.4, 0.5) is 4.39 Å². The van der Waals surface area contributed by atoms with E-state index >= 15 is 0 Å². The summed E-state index contributed by atoms with van der Waals surface area (Å²) in [6, 6.07) is 11.0. The zero-order valence-electron chi connectivity index (χ0n) is 15.6. The minimum atomic E-state index is -0.300. The Labute approximate surface area is 153 Å². The summed E-state index contributed by atoms with van der Waals surface area (Å²) in [4.78, 5) is 14.8. The van der Waals surface area contributed by atoms with Gasteiger partial charge in [-0.3, -0.25) is 4.79 Å². The molecule has 0 aliphatic carbocycles. The van der Waals surface area contributed by atoms with Gasteiger partial charge in [0.15, 0.2) is 11.5 Å². The summed E-state index contributed by atoms with van der Waals surface area (Å²) in [5.41, 5.74) is 1.33. The summed E-state index contributed by atoms with van der Waals surface area (Å²) in [6.07, 6.45) is 0.706. The van der Waals surface area contributed by atoms with Gasteiger partial charge in [0.05, 0.1) is 20.3 Å². The Morgan fingerprint density at radius 2 is 1.73 bits per heavy atom. The lowest BCUT2D eigenvalue weighted by Gasteiger charge is -2.21. The number of hydrogen-bond donors (Lipinski definition) is 1. The normalized spacial score (nSPS) is 11.9. The van der Waals surface area contributed by atoms with Gasteiger partial charge in [0.25, 0.3) is 5.91 Å². The Morgan fingerprint density at radius 3 is 2.31 bits per heavy atom. The molecule has 6 heteroatoms. The molecule has 0 aromatic heterocycles. The lowest BCUT2D eigenvalue weighted by molar-refractivity contribution is 0.0932. The fourth-order valence-corrected chi connectivity index (χ4v) is 2.62. The van der Waals surface area contributed by atoms with E-state index in [4.69, 9.17) is 9.47 Å². The zero-order valence-corrected chi connectivity index (χ0v) is 15.6. The first-order valence-corrected chi connectivity index (χ1v) is 8.37. The SMILES string of the molecule is COc1ccc(C(=O)NC(CCN(C)C)c2ccc(F)cc2)cc1OC. The molecule has 0 aliphatic heterocycles. The van der Waals surface area contributed by atoms with Gasteiger partial charge in [-0.25, -0.2) is 4.39 Å². The topological polar surface area (TPSA) is 50.8 Å². The predicted octanol–water partition coefficient (Wildman–Crippen LogP) is 3.27. The van der Waals surface area contributed by atoms with Gasteiger partial charge in [-0.1, -0.05) is 12.1 Å². The van der Waals surface area contributed by atoms with Crippen LogP contribution in [-0.4, -0.2) is 45.7 Å². The van der Waals surface area contributed by atoms with Crippen LogP contribution in [0.2, 0.25) is 0 Å². The van der Waals surface area contributed by atoms with Crippen molar-refractivity contribution in [2.24, 2.45) is 0 Å². The van der Waals surface area contributed by atoms with Crippen molar-refractivity contribution in [2.75, 3.05) is 34.9 Å². The first kappa shape index (κ1) is 19.7. The molecule has 1 unspecified atom stereocenters. The molecule has 1 amide bonds. The number of ether oxygens (including phenoxy) is 2. The maximum absolute atomic E-state index is 13.2. The molecule has 0 spiro atoms. The number of nitrogens with one attached hydrogen (secondary N) is 1. The van der Waals surface area contributed by atoms with E-state index in [2.05, 4.69) is 5.32 Å². The summed E-state index contributed by atoms with van der Waals surface area (Å²) >= 11 is 0. The molecule has 0 fully saturated rings. The number of methoxy groups -OCH3 is 2. The number of rotatable bonds is 8. The van der Waals surface area contributed by atoms with Gasteiger partial charge in [0.2, 0.25) is 0 Å². The highest BCUT2D eigenvalue weighted by Gasteiger charge is 2.17. The molecule has 1 N–H and O–H groups in total. The van der Waals surface area contributed by atoms with Crippen molar-refractivity contribution in [1.82, 2.24) is 10.2 Å². The number of halogens is 1. The van der Waals surface area contributed by atoms with Crippen molar-refractivity contribution < 1.29 is 18.7 Å². The minimum Gasteiger partial charge on any atom is -0.493 e. The van der Waals surface area contributed by atoms with Gasteiger partial charge in [-0.05, 0) is 63.0 Å². The molecule has 0 heterocycles. The fraction of sp³-hybridized carbons (Fsp3) is 0.350. The van der Waals surface area contributed by atoms with Crippen LogP contribution in [0.15, 0.2) is 42.5 Å². The number of hydrogen-bond acceptors (Lipinski definition) is 4. The first-order chi connectivity index (χ1) is 12.4. The lowest BCUT2D eigenvalue weighted by atomic mass is 10.0. The molecule has 5 nitrogen and oxygen atoms in total. The van der Waals surface area contributed by atoms with Crippen LogP contribution in [0.3, 0.4) is 0 Å². The Bertz CT molecular complexity index is 732. The maximum Gasteiger partial charge on any atom is 0.251 e. The Hall–Kier alpha value is -2.60. The predicted molar refractivity (Wildman–Crippen MR) is 99.3 cm³/mol. The Morgan fingerprint density at radius 1 is 1.08 bits per heavy atom. The van der Waals surface area contributed by atoms with E-state index in [1.54, 1.807) is 37.4 Å². The van der Waals surface area contributed by atoms with Crippen molar-refractivity contribution in [3.05, 3.63) is 59.4 Å². The summed E-state index contributed by atoms with van der Waals surface area (Å²) < 4.78 is 23.7. The number of amides is 1. The molecular weight excluding hydrogens is 335 g/mol. The highest BCUT2D eigenvalue weighted by atomic mass is 19.1. The van der Waals surface area contributed by atoms with Gasteiger partial charge in [-0.2, -0.15) is 0 Å². The monoisotopic (exact) mass is 360 g/mol. The molecule has 0 radical (unpaired) electrons. The first-order valence-electron chi connectivity index (χ1n) is 8.37. The second-order valence-corrected chi connectivity index (χ2v) is 6.24. The zero-order chi connectivity index (χ0) is 19.1. The lowest BCUT2D eigenvalue weighted by Crippen LogP contribution is -2.31. The highest BCUT2D eigenvalue weighted by Crippen LogP contribution is 2.28. The van der Waals surface area contributed by atoms with Gasteiger partial charge in [-0.15, -0.1) is 0 Å². The summed E-state index contributed by atoms with van der Waals surface area (Å²) in [5.74, 6) is 0.531. The van der Waals surface area contributed by atoms with E-state index in [1.165, 1.54) is 19.2 Å². The molecule has 1 atom stereocenters. The van der Waals surface area contributed by atoms with E-state index in [-0.39, 0.29) is 17.8 Å². The molecule has 0 bridgehead atoms. The molecule has 140 valence electrons.